The largest absolute Gasteiger partial charge is 0.493 e. The molecule has 23 heavy (non-hydrogen) atoms. The summed E-state index contributed by atoms with van der Waals surface area (Å²) < 4.78 is 10.5. The Balaban J connectivity index is 1.90. The van der Waals surface area contributed by atoms with Crippen LogP contribution in [-0.2, 0) is 11.3 Å². The maximum absolute atomic E-state index is 12.4. The lowest BCUT2D eigenvalue weighted by Crippen LogP contribution is -2.45. The van der Waals surface area contributed by atoms with Crippen LogP contribution in [0.2, 0.25) is 0 Å². The number of ether oxygens (including phenoxy) is 2. The molecule has 1 aliphatic rings. The van der Waals surface area contributed by atoms with Gasteiger partial charge >= 0.3 is 0 Å². The molecule has 1 fully saturated rings. The third-order valence-electron chi connectivity index (χ3n) is 4.48. The molecule has 2 rings (SSSR count). The van der Waals surface area contributed by atoms with Gasteiger partial charge in [0.2, 0.25) is 5.91 Å². The summed E-state index contributed by atoms with van der Waals surface area (Å²) in [6, 6.07) is 5.63. The first-order valence-electron chi connectivity index (χ1n) is 8.38. The van der Waals surface area contributed by atoms with Crippen LogP contribution in [0.4, 0.5) is 0 Å². The SMILES string of the molecule is COc1ccc(CNC(=O)C(C)N2CCCCCC2)cc1OC. The van der Waals surface area contributed by atoms with E-state index < -0.39 is 0 Å². The van der Waals surface area contributed by atoms with Gasteiger partial charge < -0.3 is 14.8 Å². The van der Waals surface area contributed by atoms with E-state index in [4.69, 9.17) is 9.47 Å². The van der Waals surface area contributed by atoms with Crippen LogP contribution < -0.4 is 14.8 Å². The molecular formula is C18H28N2O3. The molecule has 1 aromatic rings. The molecule has 0 spiro atoms. The first-order valence-corrected chi connectivity index (χ1v) is 8.38. The molecule has 1 aliphatic heterocycles. The summed E-state index contributed by atoms with van der Waals surface area (Å²) in [7, 11) is 3.23. The molecule has 5 heteroatoms. The van der Waals surface area contributed by atoms with E-state index >= 15 is 0 Å². The summed E-state index contributed by atoms with van der Waals surface area (Å²) in [6.07, 6.45) is 4.92. The third-order valence-corrected chi connectivity index (χ3v) is 4.48. The fraction of sp³-hybridized carbons (Fsp3) is 0.611. The number of hydrogen-bond acceptors (Lipinski definition) is 4. The average molecular weight is 320 g/mol. The van der Waals surface area contributed by atoms with Gasteiger partial charge in [-0.15, -0.1) is 0 Å². The molecule has 1 heterocycles. The van der Waals surface area contributed by atoms with Gasteiger partial charge in [-0.05, 0) is 50.6 Å². The summed E-state index contributed by atoms with van der Waals surface area (Å²) >= 11 is 0. The fourth-order valence-corrected chi connectivity index (χ4v) is 2.98. The van der Waals surface area contributed by atoms with Crippen LogP contribution in [0.5, 0.6) is 11.5 Å². The lowest BCUT2D eigenvalue weighted by Gasteiger charge is -2.26. The second-order valence-electron chi connectivity index (χ2n) is 6.03. The maximum atomic E-state index is 12.4. The maximum Gasteiger partial charge on any atom is 0.237 e. The van der Waals surface area contributed by atoms with Crippen molar-refractivity contribution in [2.45, 2.75) is 45.2 Å². The zero-order chi connectivity index (χ0) is 16.7. The Morgan fingerprint density at radius 2 is 1.78 bits per heavy atom. The van der Waals surface area contributed by atoms with Crippen LogP contribution >= 0.6 is 0 Å². The molecule has 1 unspecified atom stereocenters. The first kappa shape index (κ1) is 17.6. The molecule has 0 saturated carbocycles. The number of carbonyl (C=O) groups excluding carboxylic acids is 1. The number of rotatable bonds is 6. The van der Waals surface area contributed by atoms with Crippen LogP contribution in [-0.4, -0.2) is 44.2 Å². The van der Waals surface area contributed by atoms with Gasteiger partial charge in [-0.2, -0.15) is 0 Å². The van der Waals surface area contributed by atoms with E-state index in [0.29, 0.717) is 18.0 Å². The predicted octanol–water partition coefficient (Wildman–Crippen LogP) is 2.58. The smallest absolute Gasteiger partial charge is 0.237 e. The van der Waals surface area contributed by atoms with Gasteiger partial charge in [-0.25, -0.2) is 0 Å². The van der Waals surface area contributed by atoms with Crippen molar-refractivity contribution in [2.24, 2.45) is 0 Å². The Morgan fingerprint density at radius 1 is 1.13 bits per heavy atom. The lowest BCUT2D eigenvalue weighted by atomic mass is 10.2. The Kier molecular flexibility index (Phi) is 6.71. The molecule has 0 radical (unpaired) electrons. The molecular weight excluding hydrogens is 292 g/mol. The van der Waals surface area contributed by atoms with Crippen molar-refractivity contribution >= 4 is 5.91 Å². The van der Waals surface area contributed by atoms with Gasteiger partial charge in [0, 0.05) is 6.54 Å². The van der Waals surface area contributed by atoms with E-state index in [1.807, 2.05) is 25.1 Å². The molecule has 5 nitrogen and oxygen atoms in total. The highest BCUT2D eigenvalue weighted by molar-refractivity contribution is 5.81. The van der Waals surface area contributed by atoms with Crippen molar-refractivity contribution in [3.05, 3.63) is 23.8 Å². The number of nitrogens with one attached hydrogen (secondary N) is 1. The molecule has 128 valence electrons. The first-order chi connectivity index (χ1) is 11.2. The molecule has 1 aromatic carbocycles. The molecule has 0 aromatic heterocycles. The molecule has 1 N–H and O–H groups in total. The lowest BCUT2D eigenvalue weighted by molar-refractivity contribution is -0.126. The van der Waals surface area contributed by atoms with Crippen LogP contribution in [0.25, 0.3) is 0 Å². The van der Waals surface area contributed by atoms with E-state index in [9.17, 15) is 4.79 Å². The normalized spacial score (nSPS) is 17.2. The minimum absolute atomic E-state index is 0.0757. The number of methoxy groups -OCH3 is 2. The number of amides is 1. The highest BCUT2D eigenvalue weighted by Gasteiger charge is 2.21. The summed E-state index contributed by atoms with van der Waals surface area (Å²) in [5, 5.41) is 3.03. The zero-order valence-corrected chi connectivity index (χ0v) is 14.4. The Labute approximate surface area is 139 Å². The number of benzene rings is 1. The monoisotopic (exact) mass is 320 g/mol. The van der Waals surface area contributed by atoms with Crippen molar-refractivity contribution in [2.75, 3.05) is 27.3 Å². The van der Waals surface area contributed by atoms with Crippen molar-refractivity contribution in [1.29, 1.82) is 0 Å². The number of carbonyl (C=O) groups is 1. The van der Waals surface area contributed by atoms with Crippen molar-refractivity contribution in [3.63, 3.8) is 0 Å². The van der Waals surface area contributed by atoms with Gasteiger partial charge in [-0.3, -0.25) is 9.69 Å². The number of nitrogens with zero attached hydrogens (tertiary/aromatic N) is 1. The quantitative estimate of drug-likeness (QED) is 0.875. The van der Waals surface area contributed by atoms with Crippen molar-refractivity contribution < 1.29 is 14.3 Å². The molecule has 1 amide bonds. The van der Waals surface area contributed by atoms with Gasteiger partial charge in [0.25, 0.3) is 0 Å². The fourth-order valence-electron chi connectivity index (χ4n) is 2.98. The summed E-state index contributed by atoms with van der Waals surface area (Å²) in [4.78, 5) is 14.7. The van der Waals surface area contributed by atoms with E-state index in [2.05, 4.69) is 10.2 Å². The Bertz CT molecular complexity index is 511. The highest BCUT2D eigenvalue weighted by Crippen LogP contribution is 2.27. The van der Waals surface area contributed by atoms with Crippen LogP contribution in [0, 0.1) is 0 Å². The Morgan fingerprint density at radius 3 is 2.39 bits per heavy atom. The summed E-state index contributed by atoms with van der Waals surface area (Å²) in [5.41, 5.74) is 0.999. The summed E-state index contributed by atoms with van der Waals surface area (Å²) in [5.74, 6) is 1.46. The van der Waals surface area contributed by atoms with Crippen molar-refractivity contribution in [1.82, 2.24) is 10.2 Å². The van der Waals surface area contributed by atoms with E-state index in [1.54, 1.807) is 14.2 Å². The standard InChI is InChI=1S/C18H28N2O3/c1-14(20-10-6-4-5-7-11-20)18(21)19-13-15-8-9-16(22-2)17(12-15)23-3/h8-9,12,14H,4-7,10-11,13H2,1-3H3,(H,19,21). The van der Waals surface area contributed by atoms with Crippen LogP contribution in [0.1, 0.15) is 38.2 Å². The van der Waals surface area contributed by atoms with Crippen LogP contribution in [0.3, 0.4) is 0 Å². The predicted molar refractivity (Wildman–Crippen MR) is 90.9 cm³/mol. The average Bonchev–Trinajstić information content (AvgIpc) is 2.87. The molecule has 1 saturated heterocycles. The van der Waals surface area contributed by atoms with Gasteiger partial charge in [0.1, 0.15) is 0 Å². The molecule has 1 atom stereocenters. The number of hydrogen-bond donors (Lipinski definition) is 1. The van der Waals surface area contributed by atoms with Gasteiger partial charge in [0.05, 0.1) is 20.3 Å². The molecule has 0 bridgehead atoms. The highest BCUT2D eigenvalue weighted by atomic mass is 16.5. The minimum atomic E-state index is -0.0757. The third kappa shape index (κ3) is 4.86. The van der Waals surface area contributed by atoms with Gasteiger partial charge in [0.15, 0.2) is 11.5 Å². The van der Waals surface area contributed by atoms with E-state index in [-0.39, 0.29) is 11.9 Å². The van der Waals surface area contributed by atoms with Crippen LogP contribution in [0.15, 0.2) is 18.2 Å². The topological polar surface area (TPSA) is 50.8 Å². The van der Waals surface area contributed by atoms with E-state index in [0.717, 1.165) is 18.7 Å². The number of likely N-dealkylation sites (tertiary alicyclic amines) is 1. The molecule has 0 aliphatic carbocycles. The van der Waals surface area contributed by atoms with Crippen molar-refractivity contribution in [3.8, 4) is 11.5 Å². The summed E-state index contributed by atoms with van der Waals surface area (Å²) in [6.45, 7) is 4.53. The minimum Gasteiger partial charge on any atom is -0.493 e. The zero-order valence-electron chi connectivity index (χ0n) is 14.4. The second kappa shape index (κ2) is 8.77. The van der Waals surface area contributed by atoms with Gasteiger partial charge in [-0.1, -0.05) is 18.9 Å². The van der Waals surface area contributed by atoms with E-state index in [1.165, 1.54) is 25.7 Å². The Hall–Kier alpha value is -1.75. The second-order valence-corrected chi connectivity index (χ2v) is 6.03.